The molecule has 0 aliphatic heterocycles. The summed E-state index contributed by atoms with van der Waals surface area (Å²) in [5.74, 6) is 2.46. The zero-order valence-electron chi connectivity index (χ0n) is 10.0. The molecule has 0 bridgehead atoms. The summed E-state index contributed by atoms with van der Waals surface area (Å²) in [7, 11) is 0. The largest absolute Gasteiger partial charge is 0.299 e. The molecule has 0 amide bonds. The fourth-order valence-electron chi connectivity index (χ4n) is 2.32. The first-order chi connectivity index (χ1) is 6.52. The highest BCUT2D eigenvalue weighted by Crippen LogP contribution is 2.38. The summed E-state index contributed by atoms with van der Waals surface area (Å²) in [5.41, 5.74) is 0. The SMILES string of the molecule is CC(C)CC(C(=O)C(C)C)C1CCC1. The normalized spacial score (nSPS) is 19.9. The highest BCUT2D eigenvalue weighted by atomic mass is 16.1. The first kappa shape index (κ1) is 11.7. The molecule has 0 N–H and O–H groups in total. The Morgan fingerprint density at radius 1 is 1.21 bits per heavy atom. The Kier molecular flexibility index (Phi) is 4.15. The summed E-state index contributed by atoms with van der Waals surface area (Å²) in [5, 5.41) is 0. The topological polar surface area (TPSA) is 17.1 Å². The maximum Gasteiger partial charge on any atom is 0.138 e. The Bertz CT molecular complexity index is 189. The van der Waals surface area contributed by atoms with Gasteiger partial charge in [0.1, 0.15) is 5.78 Å². The van der Waals surface area contributed by atoms with Crippen LogP contribution < -0.4 is 0 Å². The van der Waals surface area contributed by atoms with Crippen molar-refractivity contribution in [2.24, 2.45) is 23.7 Å². The van der Waals surface area contributed by atoms with Gasteiger partial charge in [-0.15, -0.1) is 0 Å². The van der Waals surface area contributed by atoms with E-state index in [9.17, 15) is 4.79 Å². The minimum absolute atomic E-state index is 0.222. The monoisotopic (exact) mass is 196 g/mol. The van der Waals surface area contributed by atoms with Gasteiger partial charge in [-0.2, -0.15) is 0 Å². The molecule has 0 aromatic rings. The molecule has 1 nitrogen and oxygen atoms in total. The second kappa shape index (κ2) is 4.95. The summed E-state index contributed by atoms with van der Waals surface area (Å²) in [6, 6.07) is 0. The molecule has 1 fully saturated rings. The molecule has 0 spiro atoms. The zero-order chi connectivity index (χ0) is 10.7. The molecule has 1 unspecified atom stereocenters. The number of carbonyl (C=O) groups excluding carboxylic acids is 1. The first-order valence-corrected chi connectivity index (χ1v) is 6.06. The van der Waals surface area contributed by atoms with Gasteiger partial charge < -0.3 is 0 Å². The van der Waals surface area contributed by atoms with Crippen LogP contribution in [0.25, 0.3) is 0 Å². The number of Topliss-reactive ketones (excluding diaryl/α,β-unsaturated/α-hetero) is 1. The number of ketones is 1. The standard InChI is InChI=1S/C13H24O/c1-9(2)8-12(11-6-5-7-11)13(14)10(3)4/h9-12H,5-8H2,1-4H3. The highest BCUT2D eigenvalue weighted by Gasteiger charge is 2.33. The molecular weight excluding hydrogens is 172 g/mol. The highest BCUT2D eigenvalue weighted by molar-refractivity contribution is 5.83. The molecule has 1 heteroatoms. The van der Waals surface area contributed by atoms with Gasteiger partial charge in [0.15, 0.2) is 0 Å². The Balaban J connectivity index is 2.55. The van der Waals surface area contributed by atoms with Crippen molar-refractivity contribution in [1.29, 1.82) is 0 Å². The van der Waals surface area contributed by atoms with Gasteiger partial charge in [0.05, 0.1) is 0 Å². The predicted octanol–water partition coefficient (Wildman–Crippen LogP) is 3.67. The van der Waals surface area contributed by atoms with E-state index in [-0.39, 0.29) is 5.92 Å². The Morgan fingerprint density at radius 2 is 1.79 bits per heavy atom. The summed E-state index contributed by atoms with van der Waals surface area (Å²) < 4.78 is 0. The molecule has 1 aliphatic rings. The van der Waals surface area contributed by atoms with Crippen LogP contribution in [0.3, 0.4) is 0 Å². The molecule has 1 rings (SSSR count). The lowest BCUT2D eigenvalue weighted by molar-refractivity contribution is -0.129. The molecule has 1 atom stereocenters. The average molecular weight is 196 g/mol. The van der Waals surface area contributed by atoms with Gasteiger partial charge in [0.2, 0.25) is 0 Å². The van der Waals surface area contributed by atoms with Gasteiger partial charge in [0.25, 0.3) is 0 Å². The first-order valence-electron chi connectivity index (χ1n) is 6.06. The molecule has 0 aromatic heterocycles. The van der Waals surface area contributed by atoms with Gasteiger partial charge in [0, 0.05) is 11.8 Å². The number of rotatable bonds is 5. The molecule has 82 valence electrons. The van der Waals surface area contributed by atoms with Gasteiger partial charge in [-0.1, -0.05) is 34.1 Å². The lowest BCUT2D eigenvalue weighted by Gasteiger charge is -2.34. The second-order valence-electron chi connectivity index (χ2n) is 5.48. The van der Waals surface area contributed by atoms with Crippen molar-refractivity contribution in [3.63, 3.8) is 0 Å². The maximum absolute atomic E-state index is 12.0. The molecule has 1 saturated carbocycles. The number of carbonyl (C=O) groups is 1. The predicted molar refractivity (Wildman–Crippen MR) is 60.1 cm³/mol. The maximum atomic E-state index is 12.0. The fourth-order valence-corrected chi connectivity index (χ4v) is 2.32. The van der Waals surface area contributed by atoms with Crippen molar-refractivity contribution in [2.75, 3.05) is 0 Å². The van der Waals surface area contributed by atoms with Gasteiger partial charge >= 0.3 is 0 Å². The van der Waals surface area contributed by atoms with Crippen LogP contribution in [0.2, 0.25) is 0 Å². The van der Waals surface area contributed by atoms with E-state index in [1.807, 2.05) is 13.8 Å². The third kappa shape index (κ3) is 2.83. The van der Waals surface area contributed by atoms with Crippen molar-refractivity contribution < 1.29 is 4.79 Å². The molecular formula is C13H24O. The summed E-state index contributed by atoms with van der Waals surface area (Å²) in [6.45, 7) is 8.52. The molecule has 1 aliphatic carbocycles. The van der Waals surface area contributed by atoms with Crippen LogP contribution in [0.1, 0.15) is 53.4 Å². The number of hydrogen-bond donors (Lipinski definition) is 0. The molecule has 0 heterocycles. The number of hydrogen-bond acceptors (Lipinski definition) is 1. The smallest absolute Gasteiger partial charge is 0.138 e. The van der Waals surface area contributed by atoms with Crippen molar-refractivity contribution in [2.45, 2.75) is 53.4 Å². The van der Waals surface area contributed by atoms with Crippen molar-refractivity contribution in [3.05, 3.63) is 0 Å². The second-order valence-corrected chi connectivity index (χ2v) is 5.48. The minimum atomic E-state index is 0.222. The van der Waals surface area contributed by atoms with E-state index in [4.69, 9.17) is 0 Å². The zero-order valence-corrected chi connectivity index (χ0v) is 10.0. The third-order valence-electron chi connectivity index (χ3n) is 3.38. The summed E-state index contributed by atoms with van der Waals surface area (Å²) in [4.78, 5) is 12.0. The summed E-state index contributed by atoms with van der Waals surface area (Å²) in [6.07, 6.45) is 5.01. The van der Waals surface area contributed by atoms with Crippen LogP contribution in [0.5, 0.6) is 0 Å². The summed E-state index contributed by atoms with van der Waals surface area (Å²) >= 11 is 0. The van der Waals surface area contributed by atoms with Gasteiger partial charge in [-0.25, -0.2) is 0 Å². The Labute approximate surface area is 88.3 Å². The van der Waals surface area contributed by atoms with E-state index < -0.39 is 0 Å². The van der Waals surface area contributed by atoms with Crippen molar-refractivity contribution >= 4 is 5.78 Å². The van der Waals surface area contributed by atoms with Crippen LogP contribution in [0.4, 0.5) is 0 Å². The van der Waals surface area contributed by atoms with Crippen molar-refractivity contribution in [1.82, 2.24) is 0 Å². The Morgan fingerprint density at radius 3 is 2.07 bits per heavy atom. The molecule has 0 saturated heterocycles. The van der Waals surface area contributed by atoms with Crippen LogP contribution in [0.15, 0.2) is 0 Å². The van der Waals surface area contributed by atoms with E-state index in [1.165, 1.54) is 19.3 Å². The minimum Gasteiger partial charge on any atom is -0.299 e. The fraction of sp³-hybridized carbons (Fsp3) is 0.923. The molecule has 0 aromatic carbocycles. The van der Waals surface area contributed by atoms with E-state index in [0.29, 0.717) is 23.5 Å². The van der Waals surface area contributed by atoms with Crippen LogP contribution in [-0.4, -0.2) is 5.78 Å². The van der Waals surface area contributed by atoms with E-state index in [1.54, 1.807) is 0 Å². The molecule has 14 heavy (non-hydrogen) atoms. The van der Waals surface area contributed by atoms with E-state index in [2.05, 4.69) is 13.8 Å². The van der Waals surface area contributed by atoms with Crippen LogP contribution in [-0.2, 0) is 4.79 Å². The van der Waals surface area contributed by atoms with Crippen molar-refractivity contribution in [3.8, 4) is 0 Å². The molecule has 0 radical (unpaired) electrons. The van der Waals surface area contributed by atoms with Gasteiger partial charge in [-0.05, 0) is 31.1 Å². The third-order valence-corrected chi connectivity index (χ3v) is 3.38. The lowest BCUT2D eigenvalue weighted by Crippen LogP contribution is -2.32. The van der Waals surface area contributed by atoms with E-state index in [0.717, 1.165) is 6.42 Å². The van der Waals surface area contributed by atoms with Crippen LogP contribution in [0, 0.1) is 23.7 Å². The lowest BCUT2D eigenvalue weighted by atomic mass is 9.69. The van der Waals surface area contributed by atoms with Crippen LogP contribution >= 0.6 is 0 Å². The quantitative estimate of drug-likeness (QED) is 0.655. The van der Waals surface area contributed by atoms with E-state index >= 15 is 0 Å². The average Bonchev–Trinajstić information content (AvgIpc) is 1.97. The van der Waals surface area contributed by atoms with Gasteiger partial charge in [-0.3, -0.25) is 4.79 Å². The Hall–Kier alpha value is -0.330.